The summed E-state index contributed by atoms with van der Waals surface area (Å²) >= 11 is 1.43. The Bertz CT molecular complexity index is 611. The van der Waals surface area contributed by atoms with Crippen molar-refractivity contribution in [3.05, 3.63) is 40.4 Å². The normalized spacial score (nSPS) is 11.4. The van der Waals surface area contributed by atoms with Crippen LogP contribution in [-0.2, 0) is 11.8 Å². The van der Waals surface area contributed by atoms with Gasteiger partial charge in [0.15, 0.2) is 0 Å². The number of carbonyl (C=O) groups excluding carboxylic acids is 1. The van der Waals surface area contributed by atoms with Crippen molar-refractivity contribution in [1.29, 1.82) is 0 Å². The maximum Gasteiger partial charge on any atom is 0.257 e. The van der Waals surface area contributed by atoms with Crippen molar-refractivity contribution in [3.63, 3.8) is 0 Å². The van der Waals surface area contributed by atoms with Crippen LogP contribution >= 0.6 is 11.3 Å². The number of hydrogen-bond acceptors (Lipinski definition) is 4. The third-order valence-corrected chi connectivity index (χ3v) is 4.06. The standard InChI is InChI=1S/C16H21N3OS/c1-5-6-13-18-19-15(21-13)17-14(20)11-7-9-12(10-8-11)16(2,3)4/h7-10H,5-6H2,1-4H3,(H,17,19,20). The van der Waals surface area contributed by atoms with Gasteiger partial charge in [-0.2, -0.15) is 0 Å². The molecule has 112 valence electrons. The van der Waals surface area contributed by atoms with Crippen LogP contribution in [0.4, 0.5) is 5.13 Å². The fourth-order valence-electron chi connectivity index (χ4n) is 1.91. The first-order valence-electron chi connectivity index (χ1n) is 7.14. The molecule has 1 aromatic carbocycles. The minimum Gasteiger partial charge on any atom is -0.296 e. The third kappa shape index (κ3) is 4.11. The van der Waals surface area contributed by atoms with Gasteiger partial charge in [0.2, 0.25) is 5.13 Å². The van der Waals surface area contributed by atoms with Gasteiger partial charge in [-0.1, -0.05) is 51.2 Å². The van der Waals surface area contributed by atoms with Gasteiger partial charge in [-0.25, -0.2) is 0 Å². The Kier molecular flexibility index (Phi) is 4.73. The van der Waals surface area contributed by atoms with E-state index in [1.807, 2.05) is 24.3 Å². The van der Waals surface area contributed by atoms with E-state index in [2.05, 4.69) is 43.2 Å². The number of benzene rings is 1. The van der Waals surface area contributed by atoms with Crippen LogP contribution < -0.4 is 5.32 Å². The van der Waals surface area contributed by atoms with E-state index in [0.29, 0.717) is 10.7 Å². The Labute approximate surface area is 129 Å². The summed E-state index contributed by atoms with van der Waals surface area (Å²) in [7, 11) is 0. The van der Waals surface area contributed by atoms with Crippen LogP contribution in [0.1, 0.15) is 55.0 Å². The molecule has 0 unspecified atom stereocenters. The van der Waals surface area contributed by atoms with E-state index in [-0.39, 0.29) is 11.3 Å². The number of carbonyl (C=O) groups is 1. The minimum atomic E-state index is -0.144. The van der Waals surface area contributed by atoms with Gasteiger partial charge in [-0.15, -0.1) is 10.2 Å². The number of rotatable bonds is 4. The molecule has 0 aliphatic heterocycles. The molecule has 0 saturated carbocycles. The first-order valence-corrected chi connectivity index (χ1v) is 7.96. The number of aryl methyl sites for hydroxylation is 1. The second kappa shape index (κ2) is 6.35. The third-order valence-electron chi connectivity index (χ3n) is 3.16. The van der Waals surface area contributed by atoms with Crippen molar-refractivity contribution >= 4 is 22.4 Å². The van der Waals surface area contributed by atoms with Crippen LogP contribution in [0.15, 0.2) is 24.3 Å². The maximum atomic E-state index is 12.2. The topological polar surface area (TPSA) is 54.9 Å². The van der Waals surface area contributed by atoms with E-state index in [1.54, 1.807) is 0 Å². The number of anilines is 1. The molecule has 0 spiro atoms. The summed E-state index contributed by atoms with van der Waals surface area (Å²) in [5.41, 5.74) is 1.93. The van der Waals surface area contributed by atoms with E-state index in [1.165, 1.54) is 16.9 Å². The zero-order chi connectivity index (χ0) is 15.5. The molecule has 1 N–H and O–H groups in total. The van der Waals surface area contributed by atoms with Crippen LogP contribution in [0, 0.1) is 0 Å². The summed E-state index contributed by atoms with van der Waals surface area (Å²) in [6, 6.07) is 7.70. The molecule has 1 aromatic heterocycles. The summed E-state index contributed by atoms with van der Waals surface area (Å²) in [6.45, 7) is 8.55. The quantitative estimate of drug-likeness (QED) is 0.927. The van der Waals surface area contributed by atoms with E-state index in [4.69, 9.17) is 0 Å². The molecule has 5 heteroatoms. The summed E-state index contributed by atoms with van der Waals surface area (Å²) in [6.07, 6.45) is 1.92. The largest absolute Gasteiger partial charge is 0.296 e. The summed E-state index contributed by atoms with van der Waals surface area (Å²) < 4.78 is 0. The highest BCUT2D eigenvalue weighted by Crippen LogP contribution is 2.23. The number of nitrogens with one attached hydrogen (secondary N) is 1. The maximum absolute atomic E-state index is 12.2. The summed E-state index contributed by atoms with van der Waals surface area (Å²) in [5, 5.41) is 12.4. The molecule has 0 bridgehead atoms. The van der Waals surface area contributed by atoms with Gasteiger partial charge in [0.1, 0.15) is 5.01 Å². The van der Waals surface area contributed by atoms with Gasteiger partial charge < -0.3 is 0 Å². The second-order valence-electron chi connectivity index (χ2n) is 6.03. The predicted molar refractivity (Wildman–Crippen MR) is 87.0 cm³/mol. The van der Waals surface area contributed by atoms with E-state index in [9.17, 15) is 4.79 Å². The highest BCUT2D eigenvalue weighted by Gasteiger charge is 2.15. The highest BCUT2D eigenvalue weighted by molar-refractivity contribution is 7.15. The molecule has 1 heterocycles. The minimum absolute atomic E-state index is 0.0866. The Morgan fingerprint density at radius 3 is 2.43 bits per heavy atom. The first-order chi connectivity index (χ1) is 9.90. The molecule has 0 saturated heterocycles. The molecule has 0 radical (unpaired) electrons. The van der Waals surface area contributed by atoms with Crippen molar-refractivity contribution in [2.24, 2.45) is 0 Å². The average molecular weight is 303 g/mol. The fraction of sp³-hybridized carbons (Fsp3) is 0.438. The summed E-state index contributed by atoms with van der Waals surface area (Å²) in [5.74, 6) is -0.144. The number of amides is 1. The lowest BCUT2D eigenvalue weighted by Gasteiger charge is -2.18. The Hall–Kier alpha value is -1.75. The highest BCUT2D eigenvalue weighted by atomic mass is 32.1. The summed E-state index contributed by atoms with van der Waals surface area (Å²) in [4.78, 5) is 12.2. The fourth-order valence-corrected chi connectivity index (χ4v) is 2.75. The molecule has 0 atom stereocenters. The zero-order valence-corrected chi connectivity index (χ0v) is 13.8. The molecule has 0 aliphatic carbocycles. The molecule has 1 amide bonds. The smallest absolute Gasteiger partial charge is 0.257 e. The lowest BCUT2D eigenvalue weighted by Crippen LogP contribution is -2.14. The number of aromatic nitrogens is 2. The molecular formula is C16H21N3OS. The Morgan fingerprint density at radius 2 is 1.86 bits per heavy atom. The molecule has 2 aromatic rings. The number of nitrogens with zero attached hydrogens (tertiary/aromatic N) is 2. The molecule has 4 nitrogen and oxygen atoms in total. The van der Waals surface area contributed by atoms with Crippen LogP contribution in [-0.4, -0.2) is 16.1 Å². The SMILES string of the molecule is CCCc1nnc(NC(=O)c2ccc(C(C)(C)C)cc2)s1. The monoisotopic (exact) mass is 303 g/mol. The van der Waals surface area contributed by atoms with Crippen molar-refractivity contribution in [2.75, 3.05) is 5.32 Å². The van der Waals surface area contributed by atoms with Gasteiger partial charge in [0, 0.05) is 12.0 Å². The van der Waals surface area contributed by atoms with E-state index < -0.39 is 0 Å². The van der Waals surface area contributed by atoms with Crippen molar-refractivity contribution < 1.29 is 4.79 Å². The molecule has 2 rings (SSSR count). The number of hydrogen-bond donors (Lipinski definition) is 1. The molecular weight excluding hydrogens is 282 g/mol. The van der Waals surface area contributed by atoms with Crippen LogP contribution in [0.5, 0.6) is 0 Å². The molecule has 0 aliphatic rings. The first kappa shape index (κ1) is 15.6. The van der Waals surface area contributed by atoms with Crippen LogP contribution in [0.2, 0.25) is 0 Å². The van der Waals surface area contributed by atoms with Gasteiger partial charge in [0.05, 0.1) is 0 Å². The van der Waals surface area contributed by atoms with Crippen molar-refractivity contribution in [2.45, 2.75) is 46.0 Å². The molecule has 21 heavy (non-hydrogen) atoms. The van der Waals surface area contributed by atoms with Crippen LogP contribution in [0.3, 0.4) is 0 Å². The second-order valence-corrected chi connectivity index (χ2v) is 7.09. The average Bonchev–Trinajstić information content (AvgIpc) is 2.86. The van der Waals surface area contributed by atoms with Crippen molar-refractivity contribution in [1.82, 2.24) is 10.2 Å². The Balaban J connectivity index is 2.06. The van der Waals surface area contributed by atoms with Crippen LogP contribution in [0.25, 0.3) is 0 Å². The van der Waals surface area contributed by atoms with E-state index in [0.717, 1.165) is 17.8 Å². The van der Waals surface area contributed by atoms with Gasteiger partial charge in [-0.3, -0.25) is 10.1 Å². The van der Waals surface area contributed by atoms with Gasteiger partial charge in [0.25, 0.3) is 5.91 Å². The van der Waals surface area contributed by atoms with Gasteiger partial charge >= 0.3 is 0 Å². The lowest BCUT2D eigenvalue weighted by molar-refractivity contribution is 0.102. The zero-order valence-electron chi connectivity index (χ0n) is 12.9. The van der Waals surface area contributed by atoms with E-state index >= 15 is 0 Å². The Morgan fingerprint density at radius 1 is 1.19 bits per heavy atom. The van der Waals surface area contributed by atoms with Gasteiger partial charge in [-0.05, 0) is 29.5 Å². The van der Waals surface area contributed by atoms with Crippen molar-refractivity contribution in [3.8, 4) is 0 Å². The predicted octanol–water partition coefficient (Wildman–Crippen LogP) is 4.04. The lowest BCUT2D eigenvalue weighted by atomic mass is 9.87. The molecule has 0 fully saturated rings.